The van der Waals surface area contributed by atoms with E-state index in [1.807, 2.05) is 5.38 Å². The van der Waals surface area contributed by atoms with E-state index in [4.69, 9.17) is 0 Å². The summed E-state index contributed by atoms with van der Waals surface area (Å²) < 4.78 is 42.5. The van der Waals surface area contributed by atoms with Crippen LogP contribution in [0.1, 0.15) is 28.9 Å². The van der Waals surface area contributed by atoms with Crippen LogP contribution in [0, 0.1) is 5.82 Å². The van der Waals surface area contributed by atoms with Gasteiger partial charge in [0.1, 0.15) is 5.82 Å². The fourth-order valence-electron chi connectivity index (χ4n) is 3.92. The minimum Gasteiger partial charge on any atom is -0.352 e. The minimum atomic E-state index is -3.51. The van der Waals surface area contributed by atoms with Crippen molar-refractivity contribution in [3.63, 3.8) is 0 Å². The third-order valence-electron chi connectivity index (χ3n) is 5.75. The molecule has 1 amide bonds. The molecule has 2 aromatic heterocycles. The molecule has 1 saturated heterocycles. The number of aromatic nitrogens is 3. The van der Waals surface area contributed by atoms with Gasteiger partial charge in [0.2, 0.25) is 15.0 Å². The first-order valence-corrected chi connectivity index (χ1v) is 13.2. The van der Waals surface area contributed by atoms with Crippen molar-refractivity contribution in [2.75, 3.05) is 19.6 Å². The number of amides is 1. The van der Waals surface area contributed by atoms with Crippen molar-refractivity contribution in [3.05, 3.63) is 71.0 Å². The number of rotatable bonds is 7. The molecule has 2 aromatic carbocycles. The summed E-state index contributed by atoms with van der Waals surface area (Å²) in [6, 6.07) is 12.4. The number of thiazole rings is 1. The maximum atomic E-state index is 14.1. The SMILES string of the molecule is O=C(NCCc1csc2nc(-c3ccccc3F)nn12)c1ccc(S(=O)(=O)N2CCCC2)cc1. The molecule has 5 rings (SSSR count). The quantitative estimate of drug-likeness (QED) is 0.421. The van der Waals surface area contributed by atoms with Gasteiger partial charge in [-0.1, -0.05) is 12.1 Å². The van der Waals surface area contributed by atoms with Crippen molar-refractivity contribution >= 4 is 32.2 Å². The fourth-order valence-corrected chi connectivity index (χ4v) is 6.29. The van der Waals surface area contributed by atoms with Gasteiger partial charge in [-0.15, -0.1) is 16.4 Å². The van der Waals surface area contributed by atoms with E-state index < -0.39 is 10.0 Å². The molecule has 1 aliphatic heterocycles. The van der Waals surface area contributed by atoms with Crippen LogP contribution < -0.4 is 5.32 Å². The van der Waals surface area contributed by atoms with E-state index in [1.165, 1.54) is 46.0 Å². The van der Waals surface area contributed by atoms with Crippen LogP contribution in [-0.2, 0) is 16.4 Å². The number of fused-ring (bicyclic) bond motifs is 1. The van der Waals surface area contributed by atoms with Crippen LogP contribution >= 0.6 is 11.3 Å². The Bertz CT molecular complexity index is 1440. The number of carbonyl (C=O) groups is 1. The highest BCUT2D eigenvalue weighted by molar-refractivity contribution is 7.89. The Labute approximate surface area is 200 Å². The largest absolute Gasteiger partial charge is 0.352 e. The van der Waals surface area contributed by atoms with Gasteiger partial charge in [0.15, 0.2) is 5.82 Å². The predicted octanol–water partition coefficient (Wildman–Crippen LogP) is 3.35. The molecule has 0 spiro atoms. The van der Waals surface area contributed by atoms with E-state index >= 15 is 0 Å². The van der Waals surface area contributed by atoms with E-state index in [0.717, 1.165) is 18.5 Å². The van der Waals surface area contributed by atoms with Crippen LogP contribution in [0.3, 0.4) is 0 Å². The van der Waals surface area contributed by atoms with Gasteiger partial charge in [0, 0.05) is 37.0 Å². The molecular formula is C23H22FN5O3S2. The molecule has 1 aliphatic rings. The zero-order valence-corrected chi connectivity index (χ0v) is 19.8. The van der Waals surface area contributed by atoms with Gasteiger partial charge in [0.25, 0.3) is 5.91 Å². The molecule has 11 heteroatoms. The third-order valence-corrected chi connectivity index (χ3v) is 8.53. The van der Waals surface area contributed by atoms with Crippen molar-refractivity contribution in [1.82, 2.24) is 24.2 Å². The van der Waals surface area contributed by atoms with Crippen LogP contribution in [0.15, 0.2) is 58.8 Å². The molecule has 0 unspecified atom stereocenters. The number of hydrogen-bond donors (Lipinski definition) is 1. The van der Waals surface area contributed by atoms with E-state index in [9.17, 15) is 17.6 Å². The second kappa shape index (κ2) is 9.24. The number of sulfonamides is 1. The number of halogens is 1. The van der Waals surface area contributed by atoms with E-state index in [1.54, 1.807) is 22.7 Å². The number of nitrogens with zero attached hydrogens (tertiary/aromatic N) is 4. The lowest BCUT2D eigenvalue weighted by atomic mass is 10.2. The first-order chi connectivity index (χ1) is 16.4. The lowest BCUT2D eigenvalue weighted by Gasteiger charge is -2.15. The van der Waals surface area contributed by atoms with Gasteiger partial charge in [-0.05, 0) is 49.2 Å². The lowest BCUT2D eigenvalue weighted by molar-refractivity contribution is 0.0954. The maximum absolute atomic E-state index is 14.1. The Morgan fingerprint density at radius 3 is 2.56 bits per heavy atom. The van der Waals surface area contributed by atoms with Gasteiger partial charge < -0.3 is 5.32 Å². The molecule has 0 radical (unpaired) electrons. The third kappa shape index (κ3) is 4.33. The highest BCUT2D eigenvalue weighted by atomic mass is 32.2. The molecule has 176 valence electrons. The minimum absolute atomic E-state index is 0.198. The summed E-state index contributed by atoms with van der Waals surface area (Å²) in [5.74, 6) is -0.352. The molecular weight excluding hydrogens is 477 g/mol. The monoisotopic (exact) mass is 499 g/mol. The molecule has 3 heterocycles. The Morgan fingerprint density at radius 2 is 1.82 bits per heavy atom. The van der Waals surface area contributed by atoms with Crippen molar-refractivity contribution in [1.29, 1.82) is 0 Å². The first kappa shape index (κ1) is 22.6. The second-order valence-corrected chi connectivity index (χ2v) is 10.8. The fraction of sp³-hybridized carbons (Fsp3) is 0.261. The molecule has 1 fully saturated rings. The topological polar surface area (TPSA) is 96.7 Å². The van der Waals surface area contributed by atoms with E-state index in [-0.39, 0.29) is 16.6 Å². The highest BCUT2D eigenvalue weighted by Gasteiger charge is 2.27. The summed E-state index contributed by atoms with van der Waals surface area (Å²) in [7, 11) is -3.51. The summed E-state index contributed by atoms with van der Waals surface area (Å²) in [4.78, 5) is 17.8. The molecule has 0 atom stereocenters. The van der Waals surface area contributed by atoms with Crippen LogP contribution in [-0.4, -0.2) is 52.9 Å². The normalized spacial score (nSPS) is 14.6. The van der Waals surface area contributed by atoms with Gasteiger partial charge in [-0.25, -0.2) is 17.3 Å². The Morgan fingerprint density at radius 1 is 1.09 bits per heavy atom. The Kier molecular flexibility index (Phi) is 6.15. The molecule has 0 saturated carbocycles. The Balaban J connectivity index is 1.22. The summed E-state index contributed by atoms with van der Waals surface area (Å²) in [6.07, 6.45) is 2.25. The molecule has 34 heavy (non-hydrogen) atoms. The first-order valence-electron chi connectivity index (χ1n) is 10.9. The smallest absolute Gasteiger partial charge is 0.251 e. The van der Waals surface area contributed by atoms with Crippen molar-refractivity contribution < 1.29 is 17.6 Å². The maximum Gasteiger partial charge on any atom is 0.251 e. The van der Waals surface area contributed by atoms with Gasteiger partial charge in [-0.3, -0.25) is 4.79 Å². The van der Waals surface area contributed by atoms with Crippen LogP contribution in [0.5, 0.6) is 0 Å². The zero-order valence-electron chi connectivity index (χ0n) is 18.1. The zero-order chi connectivity index (χ0) is 23.7. The van der Waals surface area contributed by atoms with Gasteiger partial charge >= 0.3 is 0 Å². The molecule has 4 aromatic rings. The van der Waals surface area contributed by atoms with Crippen molar-refractivity contribution in [2.24, 2.45) is 0 Å². The van der Waals surface area contributed by atoms with Crippen molar-refractivity contribution in [2.45, 2.75) is 24.2 Å². The number of carbonyl (C=O) groups excluding carboxylic acids is 1. The standard InChI is InChI=1S/C23H22FN5O3S2/c24-20-6-2-1-5-19(20)21-26-23-29(27-21)17(15-33-23)11-12-25-22(30)16-7-9-18(10-8-16)34(31,32)28-13-3-4-14-28/h1-2,5-10,15H,3-4,11-14H2,(H,25,30). The van der Waals surface area contributed by atoms with E-state index in [2.05, 4.69) is 15.4 Å². The van der Waals surface area contributed by atoms with Gasteiger partial charge in [-0.2, -0.15) is 9.29 Å². The van der Waals surface area contributed by atoms with Crippen LogP contribution in [0.25, 0.3) is 16.3 Å². The molecule has 1 N–H and O–H groups in total. The van der Waals surface area contributed by atoms with E-state index in [0.29, 0.717) is 48.0 Å². The number of nitrogens with one attached hydrogen (secondary N) is 1. The van der Waals surface area contributed by atoms with Crippen molar-refractivity contribution in [3.8, 4) is 11.4 Å². The Hall–Kier alpha value is -3.15. The summed E-state index contributed by atoms with van der Waals surface area (Å²) in [6.45, 7) is 1.43. The average molecular weight is 500 g/mol. The highest BCUT2D eigenvalue weighted by Crippen LogP contribution is 2.23. The molecule has 0 bridgehead atoms. The summed E-state index contributed by atoms with van der Waals surface area (Å²) in [5, 5.41) is 9.18. The lowest BCUT2D eigenvalue weighted by Crippen LogP contribution is -2.28. The molecule has 8 nitrogen and oxygen atoms in total. The second-order valence-electron chi connectivity index (χ2n) is 7.98. The average Bonchev–Trinajstić information content (AvgIpc) is 3.58. The summed E-state index contributed by atoms with van der Waals surface area (Å²) >= 11 is 1.40. The molecule has 0 aliphatic carbocycles. The number of benzene rings is 2. The number of hydrogen-bond acceptors (Lipinski definition) is 6. The van der Waals surface area contributed by atoms with Crippen LogP contribution in [0.2, 0.25) is 0 Å². The predicted molar refractivity (Wildman–Crippen MR) is 127 cm³/mol. The van der Waals surface area contributed by atoms with Crippen LogP contribution in [0.4, 0.5) is 4.39 Å². The summed E-state index contributed by atoms with van der Waals surface area (Å²) in [5.41, 5.74) is 1.58. The van der Waals surface area contributed by atoms with Gasteiger partial charge in [0.05, 0.1) is 16.2 Å².